The summed E-state index contributed by atoms with van der Waals surface area (Å²) in [5.41, 5.74) is 3.90. The van der Waals surface area contributed by atoms with Gasteiger partial charge in [-0.05, 0) is 29.8 Å². The monoisotopic (exact) mass is 412 g/mol. The highest BCUT2D eigenvalue weighted by atomic mass is 32.2. The summed E-state index contributed by atoms with van der Waals surface area (Å²) >= 11 is 1.58. The van der Waals surface area contributed by atoms with E-state index in [2.05, 4.69) is 30.5 Å². The smallest absolute Gasteiger partial charge is 0.255 e. The summed E-state index contributed by atoms with van der Waals surface area (Å²) < 4.78 is 0. The number of rotatable bonds is 5. The second-order valence-electron chi connectivity index (χ2n) is 6.67. The molecule has 0 aliphatic heterocycles. The molecule has 0 aliphatic carbocycles. The molecule has 0 bridgehead atoms. The second kappa shape index (κ2) is 7.92. The number of pyridine rings is 1. The number of aromatic amines is 1. The number of hydrogen-bond donors (Lipinski definition) is 2. The van der Waals surface area contributed by atoms with Crippen LogP contribution in [0.5, 0.6) is 0 Å². The first kappa shape index (κ1) is 18.3. The normalized spacial score (nSPS) is 11.1. The lowest BCUT2D eigenvalue weighted by Crippen LogP contribution is -2.12. The number of anilines is 1. The fourth-order valence-corrected chi connectivity index (χ4v) is 4.06. The lowest BCUT2D eigenvalue weighted by molar-refractivity contribution is 0.102. The Morgan fingerprint density at radius 2 is 1.93 bits per heavy atom. The number of carbonyl (C=O) groups excluding carboxylic acids is 1. The highest BCUT2D eigenvalue weighted by molar-refractivity contribution is 7.98. The quantitative estimate of drug-likeness (QED) is 0.327. The van der Waals surface area contributed by atoms with Crippen LogP contribution in [0.2, 0.25) is 0 Å². The Hall–Kier alpha value is -3.78. The zero-order valence-corrected chi connectivity index (χ0v) is 16.6. The SMILES string of the molecule is O=C(Nc1cnc2ccccc2c1)c1cccc(CSc2ncnc3[nH]ncc23)c1. The van der Waals surface area contributed by atoms with Crippen molar-refractivity contribution in [3.63, 3.8) is 0 Å². The Labute approximate surface area is 176 Å². The lowest BCUT2D eigenvalue weighted by Gasteiger charge is -2.08. The summed E-state index contributed by atoms with van der Waals surface area (Å²) in [6.45, 7) is 0. The van der Waals surface area contributed by atoms with Crippen molar-refractivity contribution in [2.75, 3.05) is 5.32 Å². The topological polar surface area (TPSA) is 96.5 Å². The highest BCUT2D eigenvalue weighted by Crippen LogP contribution is 2.26. The predicted octanol–water partition coefficient (Wildman–Crippen LogP) is 4.45. The fourth-order valence-electron chi connectivity index (χ4n) is 3.15. The number of amides is 1. The van der Waals surface area contributed by atoms with Crippen LogP contribution >= 0.6 is 11.8 Å². The average Bonchev–Trinajstić information content (AvgIpc) is 3.27. The molecule has 1 amide bonds. The maximum atomic E-state index is 12.7. The number of thioether (sulfide) groups is 1. The molecule has 5 rings (SSSR count). The Balaban J connectivity index is 1.31. The van der Waals surface area contributed by atoms with Crippen LogP contribution in [0.1, 0.15) is 15.9 Å². The zero-order chi connectivity index (χ0) is 20.3. The number of para-hydroxylation sites is 1. The second-order valence-corrected chi connectivity index (χ2v) is 7.64. The number of aromatic nitrogens is 5. The molecule has 8 heteroatoms. The van der Waals surface area contributed by atoms with Gasteiger partial charge >= 0.3 is 0 Å². The average molecular weight is 412 g/mol. The third-order valence-corrected chi connectivity index (χ3v) is 5.70. The molecule has 30 heavy (non-hydrogen) atoms. The van der Waals surface area contributed by atoms with Gasteiger partial charge in [-0.3, -0.25) is 14.9 Å². The summed E-state index contributed by atoms with van der Waals surface area (Å²) in [6, 6.07) is 17.3. The van der Waals surface area contributed by atoms with Crippen molar-refractivity contribution >= 4 is 45.3 Å². The number of nitrogens with zero attached hydrogens (tertiary/aromatic N) is 4. The van der Waals surface area contributed by atoms with E-state index in [1.165, 1.54) is 6.33 Å². The molecule has 0 saturated heterocycles. The first-order valence-electron chi connectivity index (χ1n) is 9.28. The van der Waals surface area contributed by atoms with Crippen molar-refractivity contribution in [1.29, 1.82) is 0 Å². The van der Waals surface area contributed by atoms with E-state index in [9.17, 15) is 4.79 Å². The molecule has 0 spiro atoms. The van der Waals surface area contributed by atoms with Crippen LogP contribution in [0, 0.1) is 0 Å². The molecule has 0 fully saturated rings. The van der Waals surface area contributed by atoms with Gasteiger partial charge in [0, 0.05) is 16.7 Å². The number of carbonyl (C=O) groups is 1. The Kier molecular flexibility index (Phi) is 4.82. The lowest BCUT2D eigenvalue weighted by atomic mass is 10.1. The number of H-pyrrole nitrogens is 1. The van der Waals surface area contributed by atoms with E-state index in [1.54, 1.807) is 30.2 Å². The van der Waals surface area contributed by atoms with Gasteiger partial charge in [0.05, 0.1) is 29.0 Å². The van der Waals surface area contributed by atoms with Gasteiger partial charge in [0.2, 0.25) is 0 Å². The molecule has 0 aliphatic rings. The fraction of sp³-hybridized carbons (Fsp3) is 0.0455. The van der Waals surface area contributed by atoms with Gasteiger partial charge in [0.25, 0.3) is 5.91 Å². The Morgan fingerprint density at radius 3 is 2.90 bits per heavy atom. The van der Waals surface area contributed by atoms with Gasteiger partial charge in [-0.15, -0.1) is 11.8 Å². The maximum Gasteiger partial charge on any atom is 0.255 e. The van der Waals surface area contributed by atoms with Crippen molar-refractivity contribution in [3.8, 4) is 0 Å². The van der Waals surface area contributed by atoms with Gasteiger partial charge in [0.15, 0.2) is 5.65 Å². The van der Waals surface area contributed by atoms with Crippen molar-refractivity contribution < 1.29 is 4.79 Å². The van der Waals surface area contributed by atoms with E-state index < -0.39 is 0 Å². The van der Waals surface area contributed by atoms with Gasteiger partial charge in [-0.1, -0.05) is 30.3 Å². The van der Waals surface area contributed by atoms with Crippen molar-refractivity contribution in [3.05, 3.63) is 84.4 Å². The van der Waals surface area contributed by atoms with Crippen molar-refractivity contribution in [2.24, 2.45) is 0 Å². The molecule has 3 heterocycles. The molecule has 3 aromatic heterocycles. The van der Waals surface area contributed by atoms with Crippen LogP contribution in [-0.4, -0.2) is 31.1 Å². The third-order valence-electron chi connectivity index (χ3n) is 4.62. The molecule has 146 valence electrons. The number of nitrogens with one attached hydrogen (secondary N) is 2. The van der Waals surface area contributed by atoms with E-state index >= 15 is 0 Å². The molecule has 0 unspecified atom stereocenters. The molecule has 2 N–H and O–H groups in total. The van der Waals surface area contributed by atoms with Gasteiger partial charge in [-0.25, -0.2) is 9.97 Å². The molecular formula is C22H16N6OS. The number of fused-ring (bicyclic) bond motifs is 2. The van der Waals surface area contributed by atoms with Crippen molar-refractivity contribution in [2.45, 2.75) is 10.8 Å². The molecule has 0 atom stereocenters. The van der Waals surface area contributed by atoms with Gasteiger partial charge in [-0.2, -0.15) is 5.10 Å². The molecule has 0 radical (unpaired) electrons. The molecular weight excluding hydrogens is 396 g/mol. The summed E-state index contributed by atoms with van der Waals surface area (Å²) in [6.07, 6.45) is 4.91. The van der Waals surface area contributed by atoms with Crippen LogP contribution in [0.15, 0.2) is 78.3 Å². The van der Waals surface area contributed by atoms with Crippen LogP contribution in [0.3, 0.4) is 0 Å². The molecule has 0 saturated carbocycles. The summed E-state index contributed by atoms with van der Waals surface area (Å²) in [4.78, 5) is 25.6. The van der Waals surface area contributed by atoms with Crippen LogP contribution in [-0.2, 0) is 5.75 Å². The first-order valence-corrected chi connectivity index (χ1v) is 10.3. The summed E-state index contributed by atoms with van der Waals surface area (Å²) in [5, 5.41) is 12.5. The van der Waals surface area contributed by atoms with E-state index in [4.69, 9.17) is 0 Å². The van der Waals surface area contributed by atoms with Crippen LogP contribution < -0.4 is 5.32 Å². The largest absolute Gasteiger partial charge is 0.321 e. The Morgan fingerprint density at radius 1 is 1.00 bits per heavy atom. The summed E-state index contributed by atoms with van der Waals surface area (Å²) in [5.74, 6) is 0.508. The van der Waals surface area contributed by atoms with Gasteiger partial charge < -0.3 is 5.32 Å². The standard InChI is InChI=1S/C22H16N6OS/c29-21(27-17-9-15-5-1-2-7-19(15)23-10-17)16-6-3-4-14(8-16)12-30-22-18-11-26-28-20(18)24-13-25-22/h1-11,13H,12H2,(H,27,29)(H,24,25,26,28). The molecule has 5 aromatic rings. The minimum Gasteiger partial charge on any atom is -0.321 e. The van der Waals surface area contributed by atoms with Gasteiger partial charge in [0.1, 0.15) is 11.4 Å². The van der Waals surface area contributed by atoms with Crippen molar-refractivity contribution in [1.82, 2.24) is 25.1 Å². The predicted molar refractivity (Wildman–Crippen MR) is 117 cm³/mol. The minimum absolute atomic E-state index is 0.168. The minimum atomic E-state index is -0.168. The van der Waals surface area contributed by atoms with Crippen LogP contribution in [0.4, 0.5) is 5.69 Å². The first-order chi connectivity index (χ1) is 14.8. The van der Waals surface area contributed by atoms with Crippen LogP contribution in [0.25, 0.3) is 21.9 Å². The molecule has 2 aromatic carbocycles. The number of benzene rings is 2. The third kappa shape index (κ3) is 3.72. The Bertz CT molecular complexity index is 1370. The van der Waals surface area contributed by atoms with E-state index in [0.29, 0.717) is 22.7 Å². The summed E-state index contributed by atoms with van der Waals surface area (Å²) in [7, 11) is 0. The van der Waals surface area contributed by atoms with E-state index in [1.807, 2.05) is 48.5 Å². The van der Waals surface area contributed by atoms with E-state index in [-0.39, 0.29) is 5.91 Å². The zero-order valence-electron chi connectivity index (χ0n) is 15.7. The highest BCUT2D eigenvalue weighted by Gasteiger charge is 2.10. The maximum absolute atomic E-state index is 12.7. The number of hydrogen-bond acceptors (Lipinski definition) is 6. The molecule has 7 nitrogen and oxygen atoms in total. The van der Waals surface area contributed by atoms with E-state index in [0.717, 1.165) is 26.9 Å².